The van der Waals surface area contributed by atoms with Crippen LogP contribution in [0.15, 0.2) is 36.4 Å². The predicted molar refractivity (Wildman–Crippen MR) is 101 cm³/mol. The predicted octanol–water partition coefficient (Wildman–Crippen LogP) is 1.45. The molecule has 172 valence electrons. The number of urea groups is 1. The second-order valence-corrected chi connectivity index (χ2v) is 7.68. The van der Waals surface area contributed by atoms with Crippen molar-refractivity contribution in [2.45, 2.75) is 18.2 Å². The average molecular weight is 455 g/mol. The van der Waals surface area contributed by atoms with Crippen LogP contribution in [0.2, 0.25) is 0 Å². The monoisotopic (exact) mass is 455 g/mol. The summed E-state index contributed by atoms with van der Waals surface area (Å²) in [5, 5.41) is 0. The van der Waals surface area contributed by atoms with Gasteiger partial charge in [-0.05, 0) is 25.2 Å². The van der Waals surface area contributed by atoms with Crippen LogP contribution in [-0.2, 0) is 25.2 Å². The molecule has 4 rings (SSSR count). The number of halogens is 3. The summed E-state index contributed by atoms with van der Waals surface area (Å²) in [6, 6.07) is 4.17. The molecule has 1 aromatic rings. The number of piperazine rings is 1. The van der Waals surface area contributed by atoms with Gasteiger partial charge in [-0.1, -0.05) is 6.07 Å². The highest BCUT2D eigenvalue weighted by molar-refractivity contribution is 5.93. The lowest BCUT2D eigenvalue weighted by atomic mass is 10.1. The Morgan fingerprint density at radius 1 is 1.09 bits per heavy atom. The molecule has 3 aliphatic rings. The summed E-state index contributed by atoms with van der Waals surface area (Å²) >= 11 is 0. The number of benzene rings is 1. The molecule has 0 unspecified atom stereocenters. The molecule has 1 spiro atoms. The van der Waals surface area contributed by atoms with Crippen LogP contribution in [0.4, 0.5) is 18.0 Å². The van der Waals surface area contributed by atoms with Crippen LogP contribution in [0.3, 0.4) is 0 Å². The minimum absolute atomic E-state index is 0.0697. The van der Waals surface area contributed by atoms with Crippen LogP contribution >= 0.6 is 0 Å². The number of likely N-dealkylation sites (tertiary alicyclic amines) is 1. The number of nitrogens with zero attached hydrogens (tertiary/aromatic N) is 3. The van der Waals surface area contributed by atoms with Gasteiger partial charge in [-0.2, -0.15) is 13.2 Å². The van der Waals surface area contributed by atoms with E-state index in [1.165, 1.54) is 26.8 Å². The molecule has 0 radical (unpaired) electrons. The maximum absolute atomic E-state index is 12.9. The first-order valence-electron chi connectivity index (χ1n) is 9.79. The number of hydrogen-bond donors (Lipinski definition) is 0. The topological polar surface area (TPSA) is 88.6 Å². The van der Waals surface area contributed by atoms with Gasteiger partial charge in [0, 0.05) is 25.2 Å². The van der Waals surface area contributed by atoms with E-state index in [0.717, 1.165) is 24.3 Å². The highest BCUT2D eigenvalue weighted by Gasteiger charge is 2.50. The van der Waals surface area contributed by atoms with Crippen LogP contribution in [-0.4, -0.2) is 84.5 Å². The summed E-state index contributed by atoms with van der Waals surface area (Å²) in [5.74, 6) is -3.20. The lowest BCUT2D eigenvalue weighted by molar-refractivity contribution is -0.290. The molecule has 9 nitrogen and oxygen atoms in total. The number of ether oxygens (including phenoxy) is 3. The van der Waals surface area contributed by atoms with Crippen molar-refractivity contribution in [1.82, 2.24) is 14.7 Å². The fourth-order valence-electron chi connectivity index (χ4n) is 3.61. The first-order chi connectivity index (χ1) is 15.1. The SMILES string of the molecule is CN1CCN(C(=O)N2CC(Oc3cccc(C(F)(F)F)c3)C2)CC12OC(=O)C=CC(=O)O2. The molecule has 0 N–H and O–H groups in total. The maximum Gasteiger partial charge on any atom is 0.416 e. The number of likely N-dealkylation sites (N-methyl/N-ethyl adjacent to an activating group) is 1. The van der Waals surface area contributed by atoms with Gasteiger partial charge in [0.2, 0.25) is 0 Å². The van der Waals surface area contributed by atoms with E-state index in [9.17, 15) is 27.6 Å². The van der Waals surface area contributed by atoms with E-state index in [-0.39, 0.29) is 38.0 Å². The molecular weight excluding hydrogens is 435 g/mol. The zero-order chi connectivity index (χ0) is 23.1. The Balaban J connectivity index is 1.36. The highest BCUT2D eigenvalue weighted by Crippen LogP contribution is 2.32. The molecule has 2 amide bonds. The smallest absolute Gasteiger partial charge is 0.416 e. The van der Waals surface area contributed by atoms with Crippen molar-refractivity contribution in [1.29, 1.82) is 0 Å². The van der Waals surface area contributed by atoms with Gasteiger partial charge in [-0.3, -0.25) is 0 Å². The highest BCUT2D eigenvalue weighted by atomic mass is 19.4. The lowest BCUT2D eigenvalue weighted by Gasteiger charge is -2.48. The number of rotatable bonds is 2. The molecule has 0 atom stereocenters. The van der Waals surface area contributed by atoms with Gasteiger partial charge < -0.3 is 24.0 Å². The molecule has 12 heteroatoms. The third-order valence-electron chi connectivity index (χ3n) is 5.41. The summed E-state index contributed by atoms with van der Waals surface area (Å²) in [5.41, 5.74) is -0.813. The van der Waals surface area contributed by atoms with Gasteiger partial charge in [-0.15, -0.1) is 0 Å². The van der Waals surface area contributed by atoms with E-state index in [0.29, 0.717) is 6.54 Å². The van der Waals surface area contributed by atoms with Crippen molar-refractivity contribution in [3.05, 3.63) is 42.0 Å². The van der Waals surface area contributed by atoms with Crippen molar-refractivity contribution in [2.75, 3.05) is 39.8 Å². The van der Waals surface area contributed by atoms with Crippen molar-refractivity contribution in [3.8, 4) is 5.75 Å². The van der Waals surface area contributed by atoms with Gasteiger partial charge >= 0.3 is 30.1 Å². The number of carbonyl (C=O) groups is 3. The molecule has 1 aromatic carbocycles. The minimum atomic E-state index is -4.47. The molecule has 0 aromatic heterocycles. The van der Waals surface area contributed by atoms with Crippen molar-refractivity contribution in [3.63, 3.8) is 0 Å². The average Bonchev–Trinajstić information content (AvgIpc) is 2.84. The second kappa shape index (κ2) is 8.01. The van der Waals surface area contributed by atoms with Crippen LogP contribution in [0.25, 0.3) is 0 Å². The second-order valence-electron chi connectivity index (χ2n) is 7.68. The van der Waals surface area contributed by atoms with E-state index in [4.69, 9.17) is 14.2 Å². The first kappa shape index (κ1) is 21.9. The van der Waals surface area contributed by atoms with Gasteiger partial charge in [0.1, 0.15) is 18.4 Å². The molecule has 32 heavy (non-hydrogen) atoms. The quantitative estimate of drug-likeness (QED) is 0.624. The van der Waals surface area contributed by atoms with Gasteiger partial charge in [0.05, 0.1) is 18.7 Å². The van der Waals surface area contributed by atoms with Gasteiger partial charge in [0.15, 0.2) is 0 Å². The normalized spacial score (nSPS) is 21.6. The van der Waals surface area contributed by atoms with Crippen LogP contribution < -0.4 is 4.74 Å². The maximum atomic E-state index is 12.9. The first-order valence-corrected chi connectivity index (χ1v) is 9.79. The number of amides is 2. The Labute approximate surface area is 180 Å². The van der Waals surface area contributed by atoms with Gasteiger partial charge in [0.25, 0.3) is 0 Å². The summed E-state index contributed by atoms with van der Waals surface area (Å²) in [6.45, 7) is 0.752. The number of alkyl halides is 3. The molecule has 3 heterocycles. The Morgan fingerprint density at radius 3 is 2.38 bits per heavy atom. The molecule has 2 saturated heterocycles. The molecule has 0 bridgehead atoms. The lowest BCUT2D eigenvalue weighted by Crippen LogP contribution is -2.68. The number of carbonyl (C=O) groups excluding carboxylic acids is 3. The molecule has 0 aliphatic carbocycles. The Kier molecular flexibility index (Phi) is 5.49. The third kappa shape index (κ3) is 4.35. The fourth-order valence-corrected chi connectivity index (χ4v) is 3.61. The van der Waals surface area contributed by atoms with Crippen molar-refractivity contribution < 1.29 is 41.8 Å². The summed E-state index contributed by atoms with van der Waals surface area (Å²) < 4.78 is 54.7. The zero-order valence-corrected chi connectivity index (χ0v) is 17.0. The molecule has 3 aliphatic heterocycles. The molecular formula is C20H20F3N3O6. The minimum Gasteiger partial charge on any atom is -0.487 e. The number of hydrogen-bond acceptors (Lipinski definition) is 7. The largest absolute Gasteiger partial charge is 0.487 e. The number of esters is 2. The molecule has 0 saturated carbocycles. The van der Waals surface area contributed by atoms with Crippen molar-refractivity contribution >= 4 is 18.0 Å². The van der Waals surface area contributed by atoms with E-state index < -0.39 is 35.7 Å². The zero-order valence-electron chi connectivity index (χ0n) is 17.0. The third-order valence-corrected chi connectivity index (χ3v) is 5.41. The molecule has 2 fully saturated rings. The standard InChI is InChI=1S/C20H20F3N3O6/c1-24-7-8-25(12-19(24)31-16(27)5-6-17(28)32-19)18(29)26-10-15(11-26)30-14-4-2-3-13(9-14)20(21,22)23/h2-6,9,15H,7-8,10-12H2,1H3. The Hall–Kier alpha value is -3.28. The van der Waals surface area contributed by atoms with E-state index in [1.807, 2.05) is 0 Å². The Morgan fingerprint density at radius 2 is 1.75 bits per heavy atom. The Bertz CT molecular complexity index is 940. The van der Waals surface area contributed by atoms with E-state index in [2.05, 4.69) is 0 Å². The van der Waals surface area contributed by atoms with Gasteiger partial charge in [-0.25, -0.2) is 19.3 Å². The van der Waals surface area contributed by atoms with Crippen LogP contribution in [0, 0.1) is 0 Å². The van der Waals surface area contributed by atoms with E-state index in [1.54, 1.807) is 7.05 Å². The van der Waals surface area contributed by atoms with E-state index >= 15 is 0 Å². The van der Waals surface area contributed by atoms with Crippen molar-refractivity contribution in [2.24, 2.45) is 0 Å². The summed E-state index contributed by atoms with van der Waals surface area (Å²) in [6.07, 6.45) is -3.02. The van der Waals surface area contributed by atoms with Crippen LogP contribution in [0.5, 0.6) is 5.75 Å². The summed E-state index contributed by atoms with van der Waals surface area (Å²) in [7, 11) is 1.61. The van der Waals surface area contributed by atoms with Crippen LogP contribution in [0.1, 0.15) is 5.56 Å². The summed E-state index contributed by atoms with van der Waals surface area (Å²) in [4.78, 5) is 41.0. The fraction of sp³-hybridized carbons (Fsp3) is 0.450.